The fourth-order valence-corrected chi connectivity index (χ4v) is 3.98. The first-order valence-corrected chi connectivity index (χ1v) is 10.2. The molecule has 0 spiro atoms. The molecule has 2 aromatic rings. The highest BCUT2D eigenvalue weighted by atomic mass is 16.1. The van der Waals surface area contributed by atoms with Crippen molar-refractivity contribution in [3.05, 3.63) is 36.0 Å². The second-order valence-electron chi connectivity index (χ2n) is 7.60. The molecule has 25 heavy (non-hydrogen) atoms. The monoisotopic (exact) mass is 340 g/mol. The highest BCUT2D eigenvalue weighted by Crippen LogP contribution is 2.18. The Bertz CT molecular complexity index is 649. The number of aromatic amines is 1. The molecule has 136 valence electrons. The summed E-state index contributed by atoms with van der Waals surface area (Å²) >= 11 is 0. The molecule has 0 saturated heterocycles. The zero-order valence-corrected chi connectivity index (χ0v) is 15.4. The smallest absolute Gasteiger partial charge is 0.224 e. The number of H-pyrrole nitrogens is 1. The van der Waals surface area contributed by atoms with Crippen molar-refractivity contribution >= 4 is 16.8 Å². The van der Waals surface area contributed by atoms with Crippen molar-refractivity contribution in [2.24, 2.45) is 0 Å². The lowest BCUT2D eigenvalue weighted by molar-refractivity contribution is -0.121. The van der Waals surface area contributed by atoms with Gasteiger partial charge in [-0.25, -0.2) is 0 Å². The lowest BCUT2D eigenvalue weighted by atomic mass is 9.97. The zero-order valence-electron chi connectivity index (χ0n) is 15.4. The van der Waals surface area contributed by atoms with Crippen molar-refractivity contribution in [3.63, 3.8) is 0 Å². The molecule has 2 N–H and O–H groups in total. The molecule has 3 nitrogen and oxygen atoms in total. The maximum atomic E-state index is 12.5. The molecule has 0 bridgehead atoms. The molecule has 0 radical (unpaired) electrons. The van der Waals surface area contributed by atoms with E-state index in [-0.39, 0.29) is 5.91 Å². The van der Waals surface area contributed by atoms with Crippen LogP contribution < -0.4 is 5.32 Å². The van der Waals surface area contributed by atoms with Crippen LogP contribution in [0.1, 0.15) is 76.2 Å². The highest BCUT2D eigenvalue weighted by molar-refractivity contribution is 5.83. The predicted molar refractivity (Wildman–Crippen MR) is 105 cm³/mol. The van der Waals surface area contributed by atoms with E-state index in [0.29, 0.717) is 12.5 Å². The molecule has 1 saturated carbocycles. The number of hydrogen-bond acceptors (Lipinski definition) is 1. The van der Waals surface area contributed by atoms with E-state index in [9.17, 15) is 4.79 Å². The Morgan fingerprint density at radius 1 is 0.920 bits per heavy atom. The third-order valence-electron chi connectivity index (χ3n) is 5.45. The summed E-state index contributed by atoms with van der Waals surface area (Å²) in [4.78, 5) is 15.7. The SMILES string of the molecule is O=C(Cc1ccc2[nH]ccc2c1)NC1CCCCCCCCCCC1. The van der Waals surface area contributed by atoms with Gasteiger partial charge >= 0.3 is 0 Å². The number of aromatic nitrogens is 1. The molecule has 0 unspecified atom stereocenters. The molecule has 3 rings (SSSR count). The van der Waals surface area contributed by atoms with Crippen LogP contribution in [-0.4, -0.2) is 16.9 Å². The molecule has 1 aliphatic rings. The van der Waals surface area contributed by atoms with Crippen LogP contribution in [0.2, 0.25) is 0 Å². The number of nitrogens with one attached hydrogen (secondary N) is 2. The normalized spacial score (nSPS) is 18.4. The Morgan fingerprint density at radius 3 is 2.24 bits per heavy atom. The van der Waals surface area contributed by atoms with Gasteiger partial charge in [0, 0.05) is 17.8 Å². The Labute approximate surface area is 151 Å². The molecule has 1 aliphatic carbocycles. The van der Waals surface area contributed by atoms with Crippen molar-refractivity contribution in [3.8, 4) is 0 Å². The first kappa shape index (κ1) is 18.0. The summed E-state index contributed by atoms with van der Waals surface area (Å²) < 4.78 is 0. The fourth-order valence-electron chi connectivity index (χ4n) is 3.98. The molecule has 1 aromatic heterocycles. The predicted octanol–water partition coefficient (Wildman–Crippen LogP) is 5.50. The van der Waals surface area contributed by atoms with Crippen molar-refractivity contribution < 1.29 is 4.79 Å². The summed E-state index contributed by atoms with van der Waals surface area (Å²) in [5.74, 6) is 0.173. The van der Waals surface area contributed by atoms with Crippen molar-refractivity contribution in [2.45, 2.75) is 83.1 Å². The molecular weight excluding hydrogens is 308 g/mol. The summed E-state index contributed by atoms with van der Waals surface area (Å²) in [5.41, 5.74) is 2.22. The maximum Gasteiger partial charge on any atom is 0.224 e. The first-order valence-electron chi connectivity index (χ1n) is 10.2. The molecular formula is C22H32N2O. The van der Waals surface area contributed by atoms with Gasteiger partial charge in [-0.15, -0.1) is 0 Å². The van der Waals surface area contributed by atoms with E-state index in [1.165, 1.54) is 63.2 Å². The van der Waals surface area contributed by atoms with Gasteiger partial charge in [0.2, 0.25) is 5.91 Å². The molecule has 1 aromatic carbocycles. The maximum absolute atomic E-state index is 12.5. The average Bonchev–Trinajstić information content (AvgIpc) is 3.05. The van der Waals surface area contributed by atoms with Crippen LogP contribution in [0, 0.1) is 0 Å². The van der Waals surface area contributed by atoms with Gasteiger partial charge < -0.3 is 10.3 Å². The fraction of sp³-hybridized carbons (Fsp3) is 0.591. The van der Waals surface area contributed by atoms with Crippen molar-refractivity contribution in [2.75, 3.05) is 0 Å². The minimum atomic E-state index is 0.173. The number of amides is 1. The van der Waals surface area contributed by atoms with E-state index in [0.717, 1.165) is 23.9 Å². The van der Waals surface area contributed by atoms with Gasteiger partial charge in [-0.1, -0.05) is 63.9 Å². The minimum absolute atomic E-state index is 0.173. The largest absolute Gasteiger partial charge is 0.361 e. The van der Waals surface area contributed by atoms with E-state index in [4.69, 9.17) is 0 Å². The summed E-state index contributed by atoms with van der Waals surface area (Å²) in [6.07, 6.45) is 16.7. The van der Waals surface area contributed by atoms with Crippen LogP contribution in [0.3, 0.4) is 0 Å². The first-order chi connectivity index (χ1) is 12.3. The molecule has 1 heterocycles. The number of hydrogen-bond donors (Lipinski definition) is 2. The van der Waals surface area contributed by atoms with E-state index < -0.39 is 0 Å². The Kier molecular flexibility index (Phi) is 6.96. The Morgan fingerprint density at radius 2 is 1.56 bits per heavy atom. The lowest BCUT2D eigenvalue weighted by Gasteiger charge is -2.19. The van der Waals surface area contributed by atoms with Crippen molar-refractivity contribution in [1.29, 1.82) is 0 Å². The number of rotatable bonds is 3. The Hall–Kier alpha value is -1.77. The summed E-state index contributed by atoms with van der Waals surface area (Å²) in [5, 5.41) is 4.49. The van der Waals surface area contributed by atoms with Gasteiger partial charge in [-0.05, 0) is 42.0 Å². The van der Waals surface area contributed by atoms with Crippen LogP contribution in [-0.2, 0) is 11.2 Å². The summed E-state index contributed by atoms with van der Waals surface area (Å²) in [6.45, 7) is 0. The third-order valence-corrected chi connectivity index (χ3v) is 5.45. The quantitative estimate of drug-likeness (QED) is 0.761. The number of carbonyl (C=O) groups excluding carboxylic acids is 1. The van der Waals surface area contributed by atoms with Crippen LogP contribution >= 0.6 is 0 Å². The van der Waals surface area contributed by atoms with Crippen molar-refractivity contribution in [1.82, 2.24) is 10.3 Å². The third kappa shape index (κ3) is 5.91. The molecule has 3 heteroatoms. The zero-order chi connectivity index (χ0) is 17.3. The number of carbonyl (C=O) groups is 1. The van der Waals surface area contributed by atoms with Crippen LogP contribution in [0.15, 0.2) is 30.5 Å². The summed E-state index contributed by atoms with van der Waals surface area (Å²) in [7, 11) is 0. The van der Waals surface area contributed by atoms with Crippen LogP contribution in [0.25, 0.3) is 10.9 Å². The minimum Gasteiger partial charge on any atom is -0.361 e. The second-order valence-corrected chi connectivity index (χ2v) is 7.60. The number of benzene rings is 1. The standard InChI is InChI=1S/C22H32N2O/c25-22(17-18-12-13-21-19(16-18)14-15-23-21)24-20-10-8-6-4-2-1-3-5-7-9-11-20/h12-16,20,23H,1-11,17H2,(H,24,25). The number of fused-ring (bicyclic) bond motifs is 1. The van der Waals surface area contributed by atoms with Crippen LogP contribution in [0.5, 0.6) is 0 Å². The van der Waals surface area contributed by atoms with E-state index in [1.807, 2.05) is 6.20 Å². The second kappa shape index (κ2) is 9.65. The van der Waals surface area contributed by atoms with Gasteiger partial charge in [0.05, 0.1) is 6.42 Å². The molecule has 0 aliphatic heterocycles. The van der Waals surface area contributed by atoms with Gasteiger partial charge in [-0.2, -0.15) is 0 Å². The molecule has 1 amide bonds. The molecule has 1 fully saturated rings. The van der Waals surface area contributed by atoms with Gasteiger partial charge in [-0.3, -0.25) is 4.79 Å². The highest BCUT2D eigenvalue weighted by Gasteiger charge is 2.13. The topological polar surface area (TPSA) is 44.9 Å². The van der Waals surface area contributed by atoms with Gasteiger partial charge in [0.25, 0.3) is 0 Å². The average molecular weight is 341 g/mol. The molecule has 0 atom stereocenters. The summed E-state index contributed by atoms with van der Waals surface area (Å²) in [6, 6.07) is 8.66. The Balaban J connectivity index is 1.51. The van der Waals surface area contributed by atoms with E-state index in [2.05, 4.69) is 34.6 Å². The van der Waals surface area contributed by atoms with Gasteiger partial charge in [0.1, 0.15) is 0 Å². The van der Waals surface area contributed by atoms with Crippen LogP contribution in [0.4, 0.5) is 0 Å². The van der Waals surface area contributed by atoms with E-state index >= 15 is 0 Å². The van der Waals surface area contributed by atoms with Gasteiger partial charge in [0.15, 0.2) is 0 Å². The lowest BCUT2D eigenvalue weighted by Crippen LogP contribution is -2.35. The van der Waals surface area contributed by atoms with E-state index in [1.54, 1.807) is 0 Å².